The minimum absolute atomic E-state index is 0.414. The molecule has 1 amide bonds. The molecule has 0 fully saturated rings. The highest BCUT2D eigenvalue weighted by Gasteiger charge is 2.20. The van der Waals surface area contributed by atoms with Gasteiger partial charge >= 0.3 is 6.09 Å². The Hall–Kier alpha value is -0.730. The summed E-state index contributed by atoms with van der Waals surface area (Å²) in [6.45, 7) is 9.05. The number of carbonyl (C=O) groups excluding carboxylic acids is 1. The molecule has 0 aromatic carbocycles. The van der Waals surface area contributed by atoms with E-state index in [2.05, 4.69) is 27.7 Å². The quantitative estimate of drug-likeness (QED) is 0.718. The number of primary amides is 1. The van der Waals surface area contributed by atoms with Gasteiger partial charge in [0.2, 0.25) is 0 Å². The largest absolute Gasteiger partial charge is 0.449 e. The van der Waals surface area contributed by atoms with E-state index in [0.717, 1.165) is 6.42 Å². The van der Waals surface area contributed by atoms with E-state index in [1.807, 2.05) is 0 Å². The smallest absolute Gasteiger partial charge is 0.404 e. The number of amides is 1. The Bertz CT molecular complexity index is 157. The van der Waals surface area contributed by atoms with E-state index in [-0.39, 0.29) is 0 Å². The summed E-state index contributed by atoms with van der Waals surface area (Å²) in [6.07, 6.45) is 0.430. The van der Waals surface area contributed by atoms with Crippen LogP contribution in [0.25, 0.3) is 0 Å². The lowest BCUT2D eigenvalue weighted by atomic mass is 9.84. The standard InChI is InChI=1S/C10H21NO2/c1-5-8(4)9(7(2)3)6-13-10(11)12/h7-9H,5-6H2,1-4H3,(H2,11,12). The van der Waals surface area contributed by atoms with E-state index in [1.165, 1.54) is 0 Å². The van der Waals surface area contributed by atoms with Crippen molar-refractivity contribution in [1.82, 2.24) is 0 Å². The highest BCUT2D eigenvalue weighted by Crippen LogP contribution is 2.23. The molecule has 3 heteroatoms. The zero-order valence-corrected chi connectivity index (χ0v) is 9.04. The number of rotatable bonds is 5. The van der Waals surface area contributed by atoms with Crippen molar-refractivity contribution in [2.75, 3.05) is 6.61 Å². The lowest BCUT2D eigenvalue weighted by Gasteiger charge is -2.25. The second kappa shape index (κ2) is 5.84. The maximum absolute atomic E-state index is 10.4. The first-order valence-electron chi connectivity index (χ1n) is 4.91. The van der Waals surface area contributed by atoms with Crippen LogP contribution in [0.3, 0.4) is 0 Å². The van der Waals surface area contributed by atoms with Crippen molar-refractivity contribution in [3.63, 3.8) is 0 Å². The molecule has 2 atom stereocenters. The van der Waals surface area contributed by atoms with Crippen LogP contribution in [0.2, 0.25) is 0 Å². The van der Waals surface area contributed by atoms with Crippen LogP contribution in [0.1, 0.15) is 34.1 Å². The number of nitrogens with two attached hydrogens (primary N) is 1. The number of hydrogen-bond acceptors (Lipinski definition) is 2. The monoisotopic (exact) mass is 187 g/mol. The minimum atomic E-state index is -0.672. The molecule has 0 saturated carbocycles. The second-order valence-corrected chi connectivity index (χ2v) is 3.92. The summed E-state index contributed by atoms with van der Waals surface area (Å²) in [6, 6.07) is 0. The van der Waals surface area contributed by atoms with Crippen LogP contribution in [-0.4, -0.2) is 12.7 Å². The van der Waals surface area contributed by atoms with E-state index >= 15 is 0 Å². The molecule has 0 aliphatic heterocycles. The first-order chi connectivity index (χ1) is 5.99. The van der Waals surface area contributed by atoms with E-state index in [9.17, 15) is 4.79 Å². The SMILES string of the molecule is CCC(C)C(COC(N)=O)C(C)C. The van der Waals surface area contributed by atoms with Gasteiger partial charge in [-0.1, -0.05) is 34.1 Å². The van der Waals surface area contributed by atoms with Crippen LogP contribution >= 0.6 is 0 Å². The van der Waals surface area contributed by atoms with Gasteiger partial charge in [0, 0.05) is 0 Å². The van der Waals surface area contributed by atoms with Crippen LogP contribution in [0.4, 0.5) is 4.79 Å². The van der Waals surface area contributed by atoms with Gasteiger partial charge < -0.3 is 10.5 Å². The predicted molar refractivity (Wildman–Crippen MR) is 53.3 cm³/mol. The fourth-order valence-corrected chi connectivity index (χ4v) is 1.49. The predicted octanol–water partition coefficient (Wildman–Crippen LogP) is 2.40. The van der Waals surface area contributed by atoms with Crippen LogP contribution < -0.4 is 5.73 Å². The number of carbonyl (C=O) groups is 1. The third-order valence-corrected chi connectivity index (χ3v) is 2.65. The molecule has 0 rings (SSSR count). The van der Waals surface area contributed by atoms with Crippen molar-refractivity contribution < 1.29 is 9.53 Å². The molecule has 13 heavy (non-hydrogen) atoms. The lowest BCUT2D eigenvalue weighted by molar-refractivity contribution is 0.100. The Labute approximate surface area is 80.6 Å². The van der Waals surface area contributed by atoms with Crippen LogP contribution in [-0.2, 0) is 4.74 Å². The molecule has 0 aromatic heterocycles. The Kier molecular flexibility index (Phi) is 5.51. The van der Waals surface area contributed by atoms with Crippen molar-refractivity contribution in [2.24, 2.45) is 23.5 Å². The van der Waals surface area contributed by atoms with Gasteiger partial charge in [-0.2, -0.15) is 0 Å². The van der Waals surface area contributed by atoms with Gasteiger partial charge in [0.05, 0.1) is 6.61 Å². The first-order valence-corrected chi connectivity index (χ1v) is 4.91. The van der Waals surface area contributed by atoms with Gasteiger partial charge in [0.15, 0.2) is 0 Å². The molecular formula is C10H21NO2. The summed E-state index contributed by atoms with van der Waals surface area (Å²) in [5, 5.41) is 0. The Balaban J connectivity index is 4.02. The average Bonchev–Trinajstić information content (AvgIpc) is 2.03. The van der Waals surface area contributed by atoms with E-state index in [4.69, 9.17) is 10.5 Å². The molecule has 0 spiro atoms. The van der Waals surface area contributed by atoms with Crippen molar-refractivity contribution in [3.05, 3.63) is 0 Å². The highest BCUT2D eigenvalue weighted by atomic mass is 16.5. The molecule has 2 N–H and O–H groups in total. The van der Waals surface area contributed by atoms with Crippen molar-refractivity contribution in [2.45, 2.75) is 34.1 Å². The molecule has 0 aliphatic carbocycles. The van der Waals surface area contributed by atoms with E-state index < -0.39 is 6.09 Å². The maximum Gasteiger partial charge on any atom is 0.404 e. The van der Waals surface area contributed by atoms with Crippen molar-refractivity contribution >= 4 is 6.09 Å². The van der Waals surface area contributed by atoms with Gasteiger partial charge in [0.1, 0.15) is 0 Å². The number of ether oxygens (including phenoxy) is 1. The Morgan fingerprint density at radius 2 is 1.92 bits per heavy atom. The molecule has 0 aliphatic rings. The Morgan fingerprint density at radius 3 is 2.23 bits per heavy atom. The van der Waals surface area contributed by atoms with Gasteiger partial charge in [-0.3, -0.25) is 0 Å². The Morgan fingerprint density at radius 1 is 1.38 bits per heavy atom. The third-order valence-electron chi connectivity index (χ3n) is 2.65. The summed E-state index contributed by atoms with van der Waals surface area (Å²) in [5.41, 5.74) is 4.92. The second-order valence-electron chi connectivity index (χ2n) is 3.92. The molecule has 0 radical (unpaired) electrons. The van der Waals surface area contributed by atoms with Gasteiger partial charge in [-0.25, -0.2) is 4.79 Å². The topological polar surface area (TPSA) is 52.3 Å². The van der Waals surface area contributed by atoms with Gasteiger partial charge in [-0.05, 0) is 17.8 Å². The van der Waals surface area contributed by atoms with Gasteiger partial charge in [0.25, 0.3) is 0 Å². The fourth-order valence-electron chi connectivity index (χ4n) is 1.49. The molecule has 2 unspecified atom stereocenters. The highest BCUT2D eigenvalue weighted by molar-refractivity contribution is 5.64. The average molecular weight is 187 g/mol. The lowest BCUT2D eigenvalue weighted by Crippen LogP contribution is -2.26. The van der Waals surface area contributed by atoms with Gasteiger partial charge in [-0.15, -0.1) is 0 Å². The summed E-state index contributed by atoms with van der Waals surface area (Å²) < 4.78 is 4.83. The van der Waals surface area contributed by atoms with Crippen molar-refractivity contribution in [1.29, 1.82) is 0 Å². The van der Waals surface area contributed by atoms with Crippen LogP contribution in [0.5, 0.6) is 0 Å². The molecule has 78 valence electrons. The number of hydrogen-bond donors (Lipinski definition) is 1. The summed E-state index contributed by atoms with van der Waals surface area (Å²) in [7, 11) is 0. The van der Waals surface area contributed by atoms with Crippen LogP contribution in [0, 0.1) is 17.8 Å². The summed E-state index contributed by atoms with van der Waals surface area (Å²) in [5.74, 6) is 1.51. The molecule has 3 nitrogen and oxygen atoms in total. The molecular weight excluding hydrogens is 166 g/mol. The fraction of sp³-hybridized carbons (Fsp3) is 0.900. The molecule has 0 heterocycles. The summed E-state index contributed by atoms with van der Waals surface area (Å²) >= 11 is 0. The normalized spacial score (nSPS) is 15.5. The third kappa shape index (κ3) is 4.76. The van der Waals surface area contributed by atoms with E-state index in [1.54, 1.807) is 0 Å². The van der Waals surface area contributed by atoms with Crippen molar-refractivity contribution in [3.8, 4) is 0 Å². The minimum Gasteiger partial charge on any atom is -0.449 e. The van der Waals surface area contributed by atoms with Crippen LogP contribution in [0.15, 0.2) is 0 Å². The summed E-state index contributed by atoms with van der Waals surface area (Å²) in [4.78, 5) is 10.4. The maximum atomic E-state index is 10.4. The molecule has 0 aromatic rings. The molecule has 0 saturated heterocycles. The molecule has 0 bridgehead atoms. The first kappa shape index (κ1) is 12.3. The zero-order valence-electron chi connectivity index (χ0n) is 9.04. The van der Waals surface area contributed by atoms with E-state index in [0.29, 0.717) is 24.4 Å². The zero-order chi connectivity index (χ0) is 10.4.